The van der Waals surface area contributed by atoms with Crippen LogP contribution in [0.4, 0.5) is 0 Å². The number of likely N-dealkylation sites (tertiary alicyclic amines) is 1. The summed E-state index contributed by atoms with van der Waals surface area (Å²) in [6.07, 6.45) is 2.62. The van der Waals surface area contributed by atoms with Gasteiger partial charge in [-0.15, -0.1) is 24.8 Å². The normalized spacial score (nSPS) is 18.9. The molecule has 0 aromatic heterocycles. The van der Waals surface area contributed by atoms with E-state index in [1.165, 1.54) is 37.1 Å². The van der Waals surface area contributed by atoms with Crippen LogP contribution in [0.2, 0.25) is 0 Å². The Balaban J connectivity index is 0.00000144. The predicted molar refractivity (Wildman–Crippen MR) is 103 cm³/mol. The van der Waals surface area contributed by atoms with Crippen molar-refractivity contribution in [3.8, 4) is 0 Å². The van der Waals surface area contributed by atoms with Crippen molar-refractivity contribution in [2.75, 3.05) is 26.2 Å². The van der Waals surface area contributed by atoms with Crippen molar-refractivity contribution < 1.29 is 4.79 Å². The molecule has 0 bridgehead atoms. The molecular formula is C18H29Cl2N3O. The average Bonchev–Trinajstić information content (AvgIpc) is 2.97. The number of nitrogens with one attached hydrogen (secondary N) is 2. The lowest BCUT2D eigenvalue weighted by atomic mass is 9.88. The van der Waals surface area contributed by atoms with Crippen LogP contribution in [0.5, 0.6) is 0 Å². The van der Waals surface area contributed by atoms with Crippen molar-refractivity contribution in [2.24, 2.45) is 11.8 Å². The number of carbonyl (C=O) groups is 1. The quantitative estimate of drug-likeness (QED) is 0.805. The molecule has 136 valence electrons. The van der Waals surface area contributed by atoms with Crippen LogP contribution >= 0.6 is 24.8 Å². The van der Waals surface area contributed by atoms with Crippen molar-refractivity contribution in [2.45, 2.75) is 32.9 Å². The van der Waals surface area contributed by atoms with Gasteiger partial charge in [0, 0.05) is 19.0 Å². The molecule has 1 aromatic carbocycles. The van der Waals surface area contributed by atoms with Crippen molar-refractivity contribution >= 4 is 30.7 Å². The van der Waals surface area contributed by atoms with Crippen LogP contribution in [-0.2, 0) is 17.9 Å². The van der Waals surface area contributed by atoms with E-state index < -0.39 is 0 Å². The van der Waals surface area contributed by atoms with Crippen LogP contribution < -0.4 is 10.6 Å². The minimum atomic E-state index is 0. The number of hydrogen-bond donors (Lipinski definition) is 2. The topological polar surface area (TPSA) is 44.4 Å². The zero-order valence-corrected chi connectivity index (χ0v) is 15.9. The van der Waals surface area contributed by atoms with Gasteiger partial charge in [0.15, 0.2) is 0 Å². The fraction of sp³-hybridized carbons (Fsp3) is 0.611. The van der Waals surface area contributed by atoms with Gasteiger partial charge in [0.05, 0.1) is 0 Å². The molecule has 1 aromatic rings. The Hall–Kier alpha value is -0.810. The van der Waals surface area contributed by atoms with E-state index in [0.29, 0.717) is 12.5 Å². The van der Waals surface area contributed by atoms with Crippen LogP contribution in [0.15, 0.2) is 24.3 Å². The van der Waals surface area contributed by atoms with Gasteiger partial charge in [-0.2, -0.15) is 0 Å². The second-order valence-corrected chi connectivity index (χ2v) is 6.68. The van der Waals surface area contributed by atoms with Crippen molar-refractivity contribution in [3.63, 3.8) is 0 Å². The minimum Gasteiger partial charge on any atom is -0.352 e. The number of hydrogen-bond acceptors (Lipinski definition) is 3. The number of halogens is 2. The third-order valence-corrected chi connectivity index (χ3v) is 5.10. The lowest BCUT2D eigenvalue weighted by molar-refractivity contribution is -0.126. The first kappa shape index (κ1) is 21.2. The molecule has 0 radical (unpaired) electrons. The van der Waals surface area contributed by atoms with Crippen molar-refractivity contribution in [1.82, 2.24) is 15.5 Å². The molecule has 0 aliphatic carbocycles. The molecule has 2 N–H and O–H groups in total. The third-order valence-electron chi connectivity index (χ3n) is 5.10. The maximum Gasteiger partial charge on any atom is 0.223 e. The summed E-state index contributed by atoms with van der Waals surface area (Å²) in [4.78, 5) is 14.8. The smallest absolute Gasteiger partial charge is 0.223 e. The fourth-order valence-corrected chi connectivity index (χ4v) is 3.29. The molecular weight excluding hydrogens is 345 g/mol. The lowest BCUT2D eigenvalue weighted by Crippen LogP contribution is -2.49. The molecule has 0 spiro atoms. The van der Waals surface area contributed by atoms with Crippen LogP contribution in [0.1, 0.15) is 30.9 Å². The van der Waals surface area contributed by atoms with Gasteiger partial charge in [-0.3, -0.25) is 9.69 Å². The highest BCUT2D eigenvalue weighted by Crippen LogP contribution is 2.18. The molecule has 2 saturated heterocycles. The highest BCUT2D eigenvalue weighted by molar-refractivity contribution is 5.85. The number of carbonyl (C=O) groups excluding carboxylic acids is 1. The second kappa shape index (κ2) is 10.2. The zero-order chi connectivity index (χ0) is 15.4. The molecule has 2 aliphatic heterocycles. The molecule has 1 atom stereocenters. The first-order valence-electron chi connectivity index (χ1n) is 8.51. The molecule has 1 amide bonds. The van der Waals surface area contributed by atoms with Gasteiger partial charge in [0.25, 0.3) is 0 Å². The second-order valence-electron chi connectivity index (χ2n) is 6.68. The summed E-state index contributed by atoms with van der Waals surface area (Å²) >= 11 is 0. The maximum absolute atomic E-state index is 12.3. The molecule has 24 heavy (non-hydrogen) atoms. The zero-order valence-electron chi connectivity index (χ0n) is 14.3. The molecule has 2 fully saturated rings. The van der Waals surface area contributed by atoms with E-state index in [-0.39, 0.29) is 36.6 Å². The SMILES string of the molecule is CC(C(=O)NCc1ccccc1CN1CCCC1)C1CNC1.Cl.Cl. The van der Waals surface area contributed by atoms with E-state index in [0.717, 1.165) is 19.6 Å². The van der Waals surface area contributed by atoms with Gasteiger partial charge < -0.3 is 10.6 Å². The summed E-state index contributed by atoms with van der Waals surface area (Å²) in [6, 6.07) is 8.49. The molecule has 3 rings (SSSR count). The highest BCUT2D eigenvalue weighted by Gasteiger charge is 2.28. The predicted octanol–water partition coefficient (Wildman–Crippen LogP) is 2.60. The standard InChI is InChI=1S/C18H27N3O.2ClH/c1-14(17-10-19-11-17)18(22)20-12-15-6-2-3-7-16(15)13-21-8-4-5-9-21;;/h2-3,6-7,14,17,19H,4-5,8-13H2,1H3,(H,20,22);2*1H. The molecule has 2 heterocycles. The summed E-state index contributed by atoms with van der Waals surface area (Å²) in [5.74, 6) is 0.786. The lowest BCUT2D eigenvalue weighted by Gasteiger charge is -2.31. The average molecular weight is 374 g/mol. The van der Waals surface area contributed by atoms with Crippen LogP contribution in [0.25, 0.3) is 0 Å². The first-order valence-corrected chi connectivity index (χ1v) is 8.51. The van der Waals surface area contributed by atoms with E-state index in [9.17, 15) is 4.79 Å². The number of benzene rings is 1. The van der Waals surface area contributed by atoms with E-state index in [1.54, 1.807) is 0 Å². The number of rotatable bonds is 6. The number of amides is 1. The summed E-state index contributed by atoms with van der Waals surface area (Å²) in [6.45, 7) is 8.04. The largest absolute Gasteiger partial charge is 0.352 e. The molecule has 4 nitrogen and oxygen atoms in total. The van der Waals surface area contributed by atoms with E-state index >= 15 is 0 Å². The Bertz CT molecular complexity index is 517. The summed E-state index contributed by atoms with van der Waals surface area (Å²) < 4.78 is 0. The Morgan fingerprint density at radius 1 is 1.21 bits per heavy atom. The monoisotopic (exact) mass is 373 g/mol. The van der Waals surface area contributed by atoms with E-state index in [1.807, 2.05) is 6.92 Å². The summed E-state index contributed by atoms with van der Waals surface area (Å²) in [5, 5.41) is 6.36. The Labute approximate surface area is 157 Å². The van der Waals surface area contributed by atoms with Crippen molar-refractivity contribution in [1.29, 1.82) is 0 Å². The van der Waals surface area contributed by atoms with Gasteiger partial charge in [0.2, 0.25) is 5.91 Å². The van der Waals surface area contributed by atoms with Crippen LogP contribution in [0, 0.1) is 11.8 Å². The summed E-state index contributed by atoms with van der Waals surface area (Å²) in [5.41, 5.74) is 2.60. The fourth-order valence-electron chi connectivity index (χ4n) is 3.29. The van der Waals surface area contributed by atoms with E-state index in [2.05, 4.69) is 39.8 Å². The Morgan fingerprint density at radius 3 is 2.42 bits per heavy atom. The molecule has 2 aliphatic rings. The van der Waals surface area contributed by atoms with Gasteiger partial charge in [0.1, 0.15) is 0 Å². The van der Waals surface area contributed by atoms with Gasteiger partial charge in [-0.25, -0.2) is 0 Å². The molecule has 6 heteroatoms. The summed E-state index contributed by atoms with van der Waals surface area (Å²) in [7, 11) is 0. The first-order chi connectivity index (χ1) is 10.7. The molecule has 0 saturated carbocycles. The Kier molecular flexibility index (Phi) is 9.06. The highest BCUT2D eigenvalue weighted by atomic mass is 35.5. The van der Waals surface area contributed by atoms with Gasteiger partial charge in [-0.1, -0.05) is 31.2 Å². The minimum absolute atomic E-state index is 0. The van der Waals surface area contributed by atoms with Gasteiger partial charge in [-0.05, 0) is 56.1 Å². The number of nitrogens with zero attached hydrogens (tertiary/aromatic N) is 1. The maximum atomic E-state index is 12.3. The van der Waals surface area contributed by atoms with Crippen molar-refractivity contribution in [3.05, 3.63) is 35.4 Å². The third kappa shape index (κ3) is 5.35. The molecule has 1 unspecified atom stereocenters. The van der Waals surface area contributed by atoms with Crippen LogP contribution in [-0.4, -0.2) is 37.0 Å². The van der Waals surface area contributed by atoms with E-state index in [4.69, 9.17) is 0 Å². The van der Waals surface area contributed by atoms with Gasteiger partial charge >= 0.3 is 0 Å². The Morgan fingerprint density at radius 2 is 1.83 bits per heavy atom. The van der Waals surface area contributed by atoms with Crippen LogP contribution in [0.3, 0.4) is 0 Å².